The summed E-state index contributed by atoms with van der Waals surface area (Å²) in [6, 6.07) is 5.81. The van der Waals surface area contributed by atoms with Crippen LogP contribution >= 0.6 is 0 Å². The molecule has 0 aliphatic carbocycles. The molecule has 27 heavy (non-hydrogen) atoms. The molecule has 3 rings (SSSR count). The number of amides is 4. The number of quaternary nitrogens is 1. The van der Waals surface area contributed by atoms with Gasteiger partial charge in [0.25, 0.3) is 5.91 Å². The number of nitrogens with one attached hydrogen (secondary N) is 2. The number of aliphatic imine (C=N–C) groups is 1. The van der Waals surface area contributed by atoms with Gasteiger partial charge in [-0.2, -0.15) is 0 Å². The van der Waals surface area contributed by atoms with Gasteiger partial charge in [0.1, 0.15) is 5.75 Å². The summed E-state index contributed by atoms with van der Waals surface area (Å²) in [4.78, 5) is 43.8. The summed E-state index contributed by atoms with van der Waals surface area (Å²) in [6.45, 7) is 3.74. The second-order valence-corrected chi connectivity index (χ2v) is 6.76. The summed E-state index contributed by atoms with van der Waals surface area (Å²) in [5, 5.41) is 2.23. The maximum absolute atomic E-state index is 12.7. The highest BCUT2D eigenvalue weighted by atomic mass is 16.5. The van der Waals surface area contributed by atoms with Gasteiger partial charge in [-0.3, -0.25) is 19.9 Å². The number of ether oxygens (including phenoxy) is 1. The Morgan fingerprint density at radius 3 is 2.78 bits per heavy atom. The van der Waals surface area contributed by atoms with Crippen molar-refractivity contribution in [1.82, 2.24) is 5.32 Å². The molecule has 2 fully saturated rings. The van der Waals surface area contributed by atoms with Crippen LogP contribution in [0.25, 0.3) is 0 Å². The first-order chi connectivity index (χ1) is 13.1. The molecule has 0 bridgehead atoms. The van der Waals surface area contributed by atoms with Crippen LogP contribution in [-0.4, -0.2) is 57.3 Å². The summed E-state index contributed by atoms with van der Waals surface area (Å²) in [5.74, 6) is -1.84. The van der Waals surface area contributed by atoms with E-state index in [9.17, 15) is 14.4 Å². The lowest BCUT2D eigenvalue weighted by Gasteiger charge is -2.28. The summed E-state index contributed by atoms with van der Waals surface area (Å²) in [7, 11) is 1.50. The third kappa shape index (κ3) is 4.51. The molecule has 2 heterocycles. The predicted octanol–water partition coefficient (Wildman–Crippen LogP) is 0.0338. The molecule has 2 saturated heterocycles. The number of anilines is 1. The van der Waals surface area contributed by atoms with Gasteiger partial charge in [-0.25, -0.2) is 9.69 Å². The second-order valence-electron chi connectivity index (χ2n) is 6.76. The maximum atomic E-state index is 12.7. The number of piperidine rings is 1. The van der Waals surface area contributed by atoms with E-state index in [1.165, 1.54) is 37.5 Å². The monoisotopic (exact) mass is 373 g/mol. The van der Waals surface area contributed by atoms with Crippen molar-refractivity contribution in [3.8, 4) is 5.75 Å². The minimum absolute atomic E-state index is 0.348. The molecule has 0 spiro atoms. The number of benzene rings is 1. The maximum Gasteiger partial charge on any atom is 0.335 e. The first-order valence-electron chi connectivity index (χ1n) is 9.26. The minimum Gasteiger partial charge on any atom is -0.497 e. The molecule has 8 nitrogen and oxygen atoms in total. The molecule has 2 aliphatic rings. The number of hydrogen-bond donors (Lipinski definition) is 2. The molecule has 4 amide bonds. The smallest absolute Gasteiger partial charge is 0.335 e. The van der Waals surface area contributed by atoms with E-state index in [0.29, 0.717) is 18.0 Å². The topological polar surface area (TPSA) is 92.5 Å². The average molecular weight is 373 g/mol. The number of urea groups is 1. The van der Waals surface area contributed by atoms with Crippen molar-refractivity contribution in [3.05, 3.63) is 24.3 Å². The van der Waals surface area contributed by atoms with Crippen molar-refractivity contribution >= 4 is 29.7 Å². The summed E-state index contributed by atoms with van der Waals surface area (Å²) >= 11 is 0. The molecule has 8 heteroatoms. The highest BCUT2D eigenvalue weighted by Crippen LogP contribution is 2.24. The zero-order chi connectivity index (χ0) is 19.2. The molecule has 0 saturated carbocycles. The Kier molecular flexibility index (Phi) is 6.18. The number of carbonyl (C=O) groups is 3. The average Bonchev–Trinajstić information content (AvgIpc) is 2.68. The minimum atomic E-state index is -1.11. The van der Waals surface area contributed by atoms with E-state index in [2.05, 4.69) is 10.3 Å². The van der Waals surface area contributed by atoms with Crippen LogP contribution in [0.4, 0.5) is 10.5 Å². The molecular formula is C19H25N4O4+. The Hall–Kier alpha value is -2.74. The first-order valence-corrected chi connectivity index (χ1v) is 9.26. The van der Waals surface area contributed by atoms with E-state index in [-0.39, 0.29) is 0 Å². The highest BCUT2D eigenvalue weighted by Gasteiger charge is 2.40. The second kappa shape index (κ2) is 8.77. The summed E-state index contributed by atoms with van der Waals surface area (Å²) in [6.07, 6.45) is 5.12. The van der Waals surface area contributed by atoms with E-state index in [0.717, 1.165) is 24.5 Å². The fourth-order valence-corrected chi connectivity index (χ4v) is 3.42. The Morgan fingerprint density at radius 1 is 1.26 bits per heavy atom. The van der Waals surface area contributed by atoms with Crippen molar-refractivity contribution in [1.29, 1.82) is 0 Å². The largest absolute Gasteiger partial charge is 0.497 e. The molecule has 1 aromatic rings. The van der Waals surface area contributed by atoms with Crippen LogP contribution in [0.2, 0.25) is 0 Å². The Balaban J connectivity index is 1.67. The van der Waals surface area contributed by atoms with Gasteiger partial charge in [0, 0.05) is 12.3 Å². The SMILES string of the molecule is COc1cccc(N2C(=O)NC(=O)[C@H](C=NCC[NH+]3CCCCC3)C2=O)c1. The summed E-state index contributed by atoms with van der Waals surface area (Å²) in [5.41, 5.74) is 0.348. The summed E-state index contributed by atoms with van der Waals surface area (Å²) < 4.78 is 5.14. The van der Waals surface area contributed by atoms with E-state index in [1.54, 1.807) is 24.3 Å². The zero-order valence-corrected chi connectivity index (χ0v) is 15.4. The number of likely N-dealkylation sites (tertiary alicyclic amines) is 1. The third-order valence-corrected chi connectivity index (χ3v) is 4.92. The normalized spacial score (nSPS) is 21.6. The number of nitrogens with zero attached hydrogens (tertiary/aromatic N) is 2. The van der Waals surface area contributed by atoms with Gasteiger partial charge in [-0.1, -0.05) is 6.07 Å². The van der Waals surface area contributed by atoms with Crippen LogP contribution in [0.1, 0.15) is 19.3 Å². The van der Waals surface area contributed by atoms with Crippen LogP contribution in [0, 0.1) is 5.92 Å². The van der Waals surface area contributed by atoms with Crippen molar-refractivity contribution < 1.29 is 24.0 Å². The predicted molar refractivity (Wildman–Crippen MR) is 100 cm³/mol. The van der Waals surface area contributed by atoms with Gasteiger partial charge >= 0.3 is 6.03 Å². The fourth-order valence-electron chi connectivity index (χ4n) is 3.42. The number of imide groups is 2. The molecule has 0 radical (unpaired) electrons. The lowest BCUT2D eigenvalue weighted by molar-refractivity contribution is -0.903. The fraction of sp³-hybridized carbons (Fsp3) is 0.474. The van der Waals surface area contributed by atoms with Gasteiger partial charge < -0.3 is 9.64 Å². The van der Waals surface area contributed by atoms with Gasteiger partial charge in [0.15, 0.2) is 5.92 Å². The Bertz CT molecular complexity index is 743. The molecule has 1 aromatic carbocycles. The first kappa shape index (κ1) is 19.0. The van der Waals surface area contributed by atoms with Gasteiger partial charge in [0.05, 0.1) is 39.0 Å². The van der Waals surface area contributed by atoms with Crippen LogP contribution in [0.15, 0.2) is 29.3 Å². The molecule has 0 unspecified atom stereocenters. The number of hydrogen-bond acceptors (Lipinski definition) is 5. The number of barbiturate groups is 1. The Morgan fingerprint density at radius 2 is 2.04 bits per heavy atom. The van der Waals surface area contributed by atoms with Gasteiger partial charge in [-0.15, -0.1) is 0 Å². The lowest BCUT2D eigenvalue weighted by Crippen LogP contribution is -3.13. The van der Waals surface area contributed by atoms with E-state index >= 15 is 0 Å². The van der Waals surface area contributed by atoms with E-state index in [4.69, 9.17) is 4.74 Å². The lowest BCUT2D eigenvalue weighted by atomic mass is 10.1. The van der Waals surface area contributed by atoms with Gasteiger partial charge in [-0.05, 0) is 31.4 Å². The molecule has 0 aromatic heterocycles. The van der Waals surface area contributed by atoms with Crippen molar-refractivity contribution in [3.63, 3.8) is 0 Å². The molecule has 2 N–H and O–H groups in total. The zero-order valence-electron chi connectivity index (χ0n) is 15.4. The van der Waals surface area contributed by atoms with Crippen LogP contribution in [-0.2, 0) is 9.59 Å². The van der Waals surface area contributed by atoms with Crippen LogP contribution < -0.4 is 19.9 Å². The Labute approximate surface area is 158 Å². The molecule has 1 atom stereocenters. The van der Waals surface area contributed by atoms with E-state index < -0.39 is 23.8 Å². The quantitative estimate of drug-likeness (QED) is 0.544. The van der Waals surface area contributed by atoms with Crippen molar-refractivity contribution in [2.45, 2.75) is 19.3 Å². The highest BCUT2D eigenvalue weighted by molar-refractivity contribution is 6.32. The van der Waals surface area contributed by atoms with Crippen LogP contribution in [0.3, 0.4) is 0 Å². The van der Waals surface area contributed by atoms with Crippen molar-refractivity contribution in [2.75, 3.05) is 38.2 Å². The molecular weight excluding hydrogens is 348 g/mol. The number of carbonyl (C=O) groups excluding carboxylic acids is 3. The molecule has 144 valence electrons. The van der Waals surface area contributed by atoms with Crippen molar-refractivity contribution in [2.24, 2.45) is 10.9 Å². The number of rotatable bonds is 6. The van der Waals surface area contributed by atoms with E-state index in [1.807, 2.05) is 0 Å². The molecule has 2 aliphatic heterocycles. The third-order valence-electron chi connectivity index (χ3n) is 4.92. The van der Waals surface area contributed by atoms with Gasteiger partial charge in [0.2, 0.25) is 5.91 Å². The number of methoxy groups -OCH3 is 1. The van der Waals surface area contributed by atoms with Crippen LogP contribution in [0.5, 0.6) is 5.75 Å². The standard InChI is InChI=1S/C19H24N4O4/c1-27-15-7-5-6-14(12-15)23-18(25)16(17(24)21-19(23)26)13-20-8-11-22-9-3-2-4-10-22/h5-7,12-13,16H,2-4,8-11H2,1H3,(H,21,24,26)/p+1/t16-/m0/s1.